The third kappa shape index (κ3) is 9.03. The lowest BCUT2D eigenvalue weighted by molar-refractivity contribution is -0.137. The molecular weight excluding hydrogens is 400 g/mol. The molecule has 4 atom stereocenters. The number of aliphatic hydroxyl groups is 1. The fourth-order valence-corrected chi connectivity index (χ4v) is 4.48. The van der Waals surface area contributed by atoms with Crippen molar-refractivity contribution in [3.63, 3.8) is 0 Å². The van der Waals surface area contributed by atoms with Crippen LogP contribution in [0.25, 0.3) is 0 Å². The summed E-state index contributed by atoms with van der Waals surface area (Å²) in [6, 6.07) is 8.31. The molecule has 5 heteroatoms. The smallest absolute Gasteiger partial charge is 0.303 e. The molecule has 0 bridgehead atoms. The number of carbonyl (C=O) groups is 1. The fraction of sp³-hybridized carbons (Fsp3) is 0.560. The van der Waals surface area contributed by atoms with Gasteiger partial charge in [0.1, 0.15) is 0 Å². The van der Waals surface area contributed by atoms with Crippen molar-refractivity contribution >= 4 is 17.6 Å². The van der Waals surface area contributed by atoms with Crippen molar-refractivity contribution in [1.29, 1.82) is 0 Å². The Bertz CT molecular complexity index is 700. The lowest BCUT2D eigenvalue weighted by Crippen LogP contribution is -2.14. The van der Waals surface area contributed by atoms with Crippen LogP contribution in [0.5, 0.6) is 0 Å². The number of hydrogen-bond donors (Lipinski definition) is 2. The zero-order valence-corrected chi connectivity index (χ0v) is 18.6. The molecule has 0 saturated heterocycles. The van der Waals surface area contributed by atoms with Crippen LogP contribution in [0.3, 0.4) is 0 Å². The molecule has 3 unspecified atom stereocenters. The number of carboxylic acid groups (broad SMARTS) is 1. The summed E-state index contributed by atoms with van der Waals surface area (Å²) in [6.07, 6.45) is 13.8. The van der Waals surface area contributed by atoms with Crippen molar-refractivity contribution in [3.05, 3.63) is 59.7 Å². The van der Waals surface area contributed by atoms with Crippen molar-refractivity contribution in [2.24, 2.45) is 11.8 Å². The Labute approximate surface area is 185 Å². The minimum absolute atomic E-state index is 0.151. The SMILES string of the molecule is COCCc1cccc(CC(O)/C=C/C2CCC(Cl)[C@@H]2C/C=C\CCCC(=O)O)c1. The number of ether oxygens (including phenoxy) is 1. The number of alkyl halides is 1. The van der Waals surface area contributed by atoms with E-state index in [1.165, 1.54) is 5.56 Å². The molecule has 1 aromatic carbocycles. The molecule has 2 rings (SSSR count). The second-order valence-corrected chi connectivity index (χ2v) is 8.69. The van der Waals surface area contributed by atoms with E-state index in [1.54, 1.807) is 7.11 Å². The molecule has 30 heavy (non-hydrogen) atoms. The van der Waals surface area contributed by atoms with Gasteiger partial charge in [-0.05, 0) is 61.5 Å². The number of unbranched alkanes of at least 4 members (excludes halogenated alkanes) is 1. The summed E-state index contributed by atoms with van der Waals surface area (Å²) in [6.45, 7) is 0.697. The van der Waals surface area contributed by atoms with Gasteiger partial charge in [0.2, 0.25) is 0 Å². The highest BCUT2D eigenvalue weighted by Gasteiger charge is 2.32. The number of rotatable bonds is 13. The maximum absolute atomic E-state index is 10.6. The maximum atomic E-state index is 10.6. The Balaban J connectivity index is 1.82. The first-order chi connectivity index (χ1) is 14.5. The van der Waals surface area contributed by atoms with Gasteiger partial charge >= 0.3 is 5.97 Å². The number of aliphatic carboxylic acids is 1. The van der Waals surface area contributed by atoms with Gasteiger partial charge in [-0.3, -0.25) is 4.79 Å². The molecule has 0 amide bonds. The van der Waals surface area contributed by atoms with Gasteiger partial charge in [0.15, 0.2) is 0 Å². The van der Waals surface area contributed by atoms with Gasteiger partial charge in [-0.25, -0.2) is 0 Å². The molecule has 0 aromatic heterocycles. The number of methoxy groups -OCH3 is 1. The highest BCUT2D eigenvalue weighted by molar-refractivity contribution is 6.21. The van der Waals surface area contributed by atoms with Crippen molar-refractivity contribution in [2.45, 2.75) is 62.8 Å². The van der Waals surface area contributed by atoms with Crippen LogP contribution in [0.15, 0.2) is 48.6 Å². The molecule has 1 aromatic rings. The van der Waals surface area contributed by atoms with Gasteiger partial charge in [-0.1, -0.05) is 48.6 Å². The molecule has 1 saturated carbocycles. The standard InChI is InChI=1S/C25H35ClO4/c1-30-16-15-19-7-6-8-20(17-19)18-22(27)13-11-21-12-14-24(26)23(21)9-4-2-3-5-10-25(28)29/h2,4,6-8,11,13,17,21-24,27H,3,5,9-10,12,14-16,18H2,1H3,(H,28,29)/b4-2-,13-11+/t21?,22?,23-,24?/m1/s1. The van der Waals surface area contributed by atoms with Crippen molar-refractivity contribution in [3.8, 4) is 0 Å². The van der Waals surface area contributed by atoms with E-state index in [2.05, 4.69) is 36.4 Å². The first-order valence-corrected chi connectivity index (χ1v) is 11.4. The molecule has 0 heterocycles. The molecule has 1 aliphatic rings. The first-order valence-electron chi connectivity index (χ1n) is 10.9. The van der Waals surface area contributed by atoms with E-state index in [9.17, 15) is 9.90 Å². The second-order valence-electron chi connectivity index (χ2n) is 8.13. The second kappa shape index (κ2) is 13.6. The summed E-state index contributed by atoms with van der Waals surface area (Å²) in [5, 5.41) is 19.3. The minimum Gasteiger partial charge on any atom is -0.481 e. The van der Waals surface area contributed by atoms with Crippen LogP contribution in [0.1, 0.15) is 49.7 Å². The van der Waals surface area contributed by atoms with E-state index >= 15 is 0 Å². The molecule has 0 aliphatic heterocycles. The molecule has 0 radical (unpaired) electrons. The van der Waals surface area contributed by atoms with Gasteiger partial charge in [0.25, 0.3) is 0 Å². The molecule has 0 spiro atoms. The van der Waals surface area contributed by atoms with Crippen LogP contribution in [-0.4, -0.2) is 41.4 Å². The summed E-state index contributed by atoms with van der Waals surface area (Å²) in [5.74, 6) is -0.00690. The Morgan fingerprint density at radius 1 is 1.30 bits per heavy atom. The lowest BCUT2D eigenvalue weighted by Gasteiger charge is -2.18. The third-order valence-electron chi connectivity index (χ3n) is 5.74. The Morgan fingerprint density at radius 3 is 2.87 bits per heavy atom. The lowest BCUT2D eigenvalue weighted by atomic mass is 9.91. The maximum Gasteiger partial charge on any atom is 0.303 e. The molecule has 4 nitrogen and oxygen atoms in total. The molecule has 1 fully saturated rings. The van der Waals surface area contributed by atoms with Gasteiger partial charge in [0.05, 0.1) is 12.7 Å². The Kier molecular flexibility index (Phi) is 11.2. The summed E-state index contributed by atoms with van der Waals surface area (Å²) < 4.78 is 5.14. The predicted molar refractivity (Wildman–Crippen MR) is 122 cm³/mol. The minimum atomic E-state index is -0.745. The highest BCUT2D eigenvalue weighted by atomic mass is 35.5. The largest absolute Gasteiger partial charge is 0.481 e. The number of benzene rings is 1. The highest BCUT2D eigenvalue weighted by Crippen LogP contribution is 2.39. The zero-order valence-electron chi connectivity index (χ0n) is 17.9. The monoisotopic (exact) mass is 434 g/mol. The molecule has 1 aliphatic carbocycles. The number of aliphatic hydroxyl groups excluding tert-OH is 1. The number of halogens is 1. The molecule has 166 valence electrons. The number of allylic oxidation sites excluding steroid dienone is 3. The Hall–Kier alpha value is -1.62. The molecular formula is C25H35ClO4. The number of carboxylic acids is 1. The van der Waals surface area contributed by atoms with Crippen LogP contribution in [-0.2, 0) is 22.4 Å². The van der Waals surface area contributed by atoms with Gasteiger partial charge in [-0.2, -0.15) is 0 Å². The summed E-state index contributed by atoms with van der Waals surface area (Å²) >= 11 is 6.54. The summed E-state index contributed by atoms with van der Waals surface area (Å²) in [4.78, 5) is 10.6. The molecule has 2 N–H and O–H groups in total. The normalized spacial score (nSPS) is 22.8. The van der Waals surface area contributed by atoms with Crippen molar-refractivity contribution in [1.82, 2.24) is 0 Å². The average molecular weight is 435 g/mol. The van der Waals surface area contributed by atoms with E-state index in [0.717, 1.165) is 37.7 Å². The van der Waals surface area contributed by atoms with Gasteiger partial charge in [-0.15, -0.1) is 11.6 Å². The van der Waals surface area contributed by atoms with Crippen molar-refractivity contribution < 1.29 is 19.7 Å². The quantitative estimate of drug-likeness (QED) is 0.255. The fourth-order valence-electron chi connectivity index (χ4n) is 4.06. The average Bonchev–Trinajstić information content (AvgIpc) is 3.07. The van der Waals surface area contributed by atoms with Crippen LogP contribution < -0.4 is 0 Å². The third-order valence-corrected chi connectivity index (χ3v) is 6.28. The van der Waals surface area contributed by atoms with Crippen LogP contribution >= 0.6 is 11.6 Å². The summed E-state index contributed by atoms with van der Waals surface area (Å²) in [7, 11) is 1.70. The van der Waals surface area contributed by atoms with Crippen LogP contribution in [0, 0.1) is 11.8 Å². The predicted octanol–water partition coefficient (Wildman–Crippen LogP) is 5.17. The van der Waals surface area contributed by atoms with E-state index < -0.39 is 12.1 Å². The van der Waals surface area contributed by atoms with E-state index in [4.69, 9.17) is 21.4 Å². The first kappa shape index (κ1) is 24.6. The van der Waals surface area contributed by atoms with Crippen LogP contribution in [0.2, 0.25) is 0 Å². The number of hydrogen-bond acceptors (Lipinski definition) is 3. The zero-order chi connectivity index (χ0) is 21.8. The van der Waals surface area contributed by atoms with E-state index in [1.807, 2.05) is 12.1 Å². The van der Waals surface area contributed by atoms with Gasteiger partial charge in [0, 0.05) is 25.3 Å². The van der Waals surface area contributed by atoms with E-state index in [-0.39, 0.29) is 11.8 Å². The Morgan fingerprint density at radius 2 is 2.10 bits per heavy atom. The van der Waals surface area contributed by atoms with E-state index in [0.29, 0.717) is 31.3 Å². The summed E-state index contributed by atoms with van der Waals surface area (Å²) in [5.41, 5.74) is 2.35. The topological polar surface area (TPSA) is 66.8 Å². The van der Waals surface area contributed by atoms with Gasteiger partial charge < -0.3 is 14.9 Å². The van der Waals surface area contributed by atoms with Crippen LogP contribution in [0.4, 0.5) is 0 Å². The van der Waals surface area contributed by atoms with Crippen molar-refractivity contribution in [2.75, 3.05) is 13.7 Å².